The molecule has 4 N–H and O–H groups in total. The van der Waals surface area contributed by atoms with Crippen LogP contribution in [-0.4, -0.2) is 154 Å². The summed E-state index contributed by atoms with van der Waals surface area (Å²) >= 11 is 0. The monoisotopic (exact) mass is 1170 g/mol. The molecule has 2 fully saturated rings. The highest BCUT2D eigenvalue weighted by atomic mass is 19.1. The van der Waals surface area contributed by atoms with Gasteiger partial charge >= 0.3 is 18.2 Å². The number of anilines is 1. The molecule has 452 valence electrons. The zero-order valence-corrected chi connectivity index (χ0v) is 50.0. The quantitative estimate of drug-likeness (QED) is 0.0354. The SMILES string of the molecule is CC(=O)N1CCC(n2nnc3c(F)cc(/C=C(\C)[C@@H]4OC(=O)C[C@H](O)CC[C@@H](C)[C@@H](OC(=O)N5CC[N+](C)(Cc6ccc(NC(=O)[C@H](C)NC(=O)[C@@H](NC(=O)OCC7c8ccccc8-c8ccccc87)C(C)C)cc6)CC5)C=C[C@H]4C)cc32)CC1. The number of nitrogens with one attached hydrogen (secondary N) is 3. The first kappa shape index (κ1) is 61.6. The molecule has 4 aromatic carbocycles. The van der Waals surface area contributed by atoms with Crippen LogP contribution in [0.25, 0.3) is 28.2 Å². The molecule has 9 rings (SSSR count). The second kappa shape index (κ2) is 26.9. The van der Waals surface area contributed by atoms with Gasteiger partial charge in [0.1, 0.15) is 43.0 Å². The third-order valence-electron chi connectivity index (χ3n) is 17.3. The highest BCUT2D eigenvalue weighted by Gasteiger charge is 2.36. The minimum absolute atomic E-state index is 0.0148. The number of nitrogens with zero attached hydrogens (tertiary/aromatic N) is 6. The number of hydrogen-bond donors (Lipinski definition) is 4. The Bertz CT molecular complexity index is 3270. The van der Waals surface area contributed by atoms with Crippen LogP contribution in [0, 0.1) is 23.6 Å². The number of aromatic nitrogens is 3. The van der Waals surface area contributed by atoms with Gasteiger partial charge in [-0.1, -0.05) is 106 Å². The molecule has 7 atom stereocenters. The number of cyclic esters (lactones) is 1. The van der Waals surface area contributed by atoms with Gasteiger partial charge in [-0.2, -0.15) is 0 Å². The molecule has 4 heterocycles. The molecule has 20 heteroatoms. The van der Waals surface area contributed by atoms with Crippen molar-refractivity contribution in [3.05, 3.63) is 131 Å². The molecule has 0 bridgehead atoms. The van der Waals surface area contributed by atoms with Gasteiger partial charge in [0.15, 0.2) is 5.82 Å². The molecular formula is C65H81FN9O10+. The standard InChI is InChI=1S/C65H80FN9O10/c1-39(2)59(69-64(81)83-38-54-52-15-11-9-13-50(52)51-14-10-12-16-53(51)54)63(80)67-43(6)62(79)68-47-21-19-45(20-22-47)37-75(8)31-29-73(30-32-75)65(82)84-57-24-18-41(4)61(85-58(78)36-49(77)23-17-40(57)3)42(5)33-46-34-55(66)60-56(35-46)74(71-70-60)48-25-27-72(28-26-48)44(7)76/h9-16,18-22,24,33-35,39-41,43,48-49,54,57,59,61,77H,17,23,25-32,36-38H2,1-8H3,(H2-,67,68,69,79,80,81)/p+1/b24-18?,42-33+/t40-,41-,43+,49-,57+,59+,61-/m1/s1. The van der Waals surface area contributed by atoms with Crippen molar-refractivity contribution in [2.24, 2.45) is 17.8 Å². The Kier molecular flexibility index (Phi) is 19.5. The summed E-state index contributed by atoms with van der Waals surface area (Å²) in [4.78, 5) is 82.7. The Hall–Kier alpha value is -7.97. The number of esters is 1. The van der Waals surface area contributed by atoms with Crippen molar-refractivity contribution in [2.45, 2.75) is 129 Å². The molecule has 0 saturated carbocycles. The van der Waals surface area contributed by atoms with Gasteiger partial charge in [0.05, 0.1) is 57.3 Å². The molecule has 2 saturated heterocycles. The Labute approximate surface area is 496 Å². The number of piperidine rings is 1. The van der Waals surface area contributed by atoms with Crippen molar-refractivity contribution in [3.8, 4) is 11.1 Å². The summed E-state index contributed by atoms with van der Waals surface area (Å²) in [6.07, 6.45) is 3.79. The number of carbonyl (C=O) groups excluding carboxylic acids is 6. The maximum atomic E-state index is 15.6. The minimum Gasteiger partial charge on any atom is -0.457 e. The molecule has 1 aromatic heterocycles. The maximum absolute atomic E-state index is 15.6. The number of quaternary nitrogens is 1. The van der Waals surface area contributed by atoms with Gasteiger partial charge in [-0.25, -0.2) is 18.7 Å². The zero-order valence-electron chi connectivity index (χ0n) is 50.0. The van der Waals surface area contributed by atoms with Crippen LogP contribution in [0.5, 0.6) is 0 Å². The van der Waals surface area contributed by atoms with E-state index in [4.69, 9.17) is 14.2 Å². The van der Waals surface area contributed by atoms with Crippen LogP contribution in [0.1, 0.15) is 115 Å². The van der Waals surface area contributed by atoms with E-state index in [-0.39, 0.29) is 54.7 Å². The van der Waals surface area contributed by atoms with E-state index in [0.717, 1.165) is 27.8 Å². The number of aliphatic hydroxyl groups is 1. The minimum atomic E-state index is -0.975. The third kappa shape index (κ3) is 14.9. The highest BCUT2D eigenvalue weighted by molar-refractivity contribution is 5.98. The lowest BCUT2D eigenvalue weighted by Crippen LogP contribution is -2.58. The first-order valence-electron chi connectivity index (χ1n) is 29.8. The van der Waals surface area contributed by atoms with Gasteiger partial charge in [0.2, 0.25) is 17.7 Å². The Morgan fingerprint density at radius 2 is 1.49 bits per heavy atom. The number of amides is 5. The zero-order chi connectivity index (χ0) is 60.7. The van der Waals surface area contributed by atoms with Gasteiger partial charge < -0.3 is 44.7 Å². The number of hydrogen-bond acceptors (Lipinski definition) is 12. The van der Waals surface area contributed by atoms with Crippen LogP contribution < -0.4 is 16.0 Å². The van der Waals surface area contributed by atoms with Crippen LogP contribution in [0.4, 0.5) is 19.7 Å². The molecule has 4 aliphatic rings. The highest BCUT2D eigenvalue weighted by Crippen LogP contribution is 2.44. The molecule has 5 aromatic rings. The second-order valence-electron chi connectivity index (χ2n) is 24.3. The average molecular weight is 1170 g/mol. The van der Waals surface area contributed by atoms with E-state index in [1.54, 1.807) is 34.4 Å². The van der Waals surface area contributed by atoms with E-state index in [9.17, 15) is 33.9 Å². The van der Waals surface area contributed by atoms with Crippen molar-refractivity contribution in [3.63, 3.8) is 0 Å². The fourth-order valence-electron chi connectivity index (χ4n) is 12.1. The lowest BCUT2D eigenvalue weighted by atomic mass is 9.91. The number of ether oxygens (including phenoxy) is 3. The molecule has 0 radical (unpaired) electrons. The molecule has 0 spiro atoms. The summed E-state index contributed by atoms with van der Waals surface area (Å²) in [6, 6.07) is 24.9. The van der Waals surface area contributed by atoms with Gasteiger partial charge in [0, 0.05) is 43.1 Å². The van der Waals surface area contributed by atoms with Crippen LogP contribution in [0.2, 0.25) is 0 Å². The van der Waals surface area contributed by atoms with Crippen LogP contribution in [0.3, 0.4) is 0 Å². The number of likely N-dealkylation sites (tertiary alicyclic amines) is 1. The second-order valence-corrected chi connectivity index (χ2v) is 24.3. The summed E-state index contributed by atoms with van der Waals surface area (Å²) in [5, 5.41) is 27.8. The first-order valence-corrected chi connectivity index (χ1v) is 29.8. The summed E-state index contributed by atoms with van der Waals surface area (Å²) < 4.78 is 36.0. The number of halogens is 1. The molecule has 19 nitrogen and oxygen atoms in total. The molecular weight excluding hydrogens is 1090 g/mol. The number of carbonyl (C=O) groups is 6. The smallest absolute Gasteiger partial charge is 0.410 e. The van der Waals surface area contributed by atoms with Crippen LogP contribution >= 0.6 is 0 Å². The van der Waals surface area contributed by atoms with Gasteiger partial charge in [-0.15, -0.1) is 5.10 Å². The number of alkyl carbamates (subject to hydrolysis) is 1. The van der Waals surface area contributed by atoms with E-state index in [1.165, 1.54) is 6.07 Å². The third-order valence-corrected chi connectivity index (χ3v) is 17.3. The normalized spacial score (nSPS) is 22.0. The summed E-state index contributed by atoms with van der Waals surface area (Å²) in [6.45, 7) is 16.6. The van der Waals surface area contributed by atoms with E-state index < -0.39 is 72.1 Å². The lowest BCUT2D eigenvalue weighted by Gasteiger charge is -2.42. The van der Waals surface area contributed by atoms with E-state index in [1.807, 2.05) is 114 Å². The van der Waals surface area contributed by atoms with Gasteiger partial charge in [0.25, 0.3) is 0 Å². The van der Waals surface area contributed by atoms with Gasteiger partial charge in [-0.3, -0.25) is 24.1 Å². The number of fused-ring (bicyclic) bond motifs is 4. The molecule has 3 aliphatic heterocycles. The van der Waals surface area contributed by atoms with Crippen molar-refractivity contribution in [2.75, 3.05) is 58.2 Å². The number of benzene rings is 4. The summed E-state index contributed by atoms with van der Waals surface area (Å²) in [5.74, 6) is -3.06. The first-order chi connectivity index (χ1) is 40.6. The van der Waals surface area contributed by atoms with E-state index in [0.29, 0.717) is 91.9 Å². The predicted octanol–water partition coefficient (Wildman–Crippen LogP) is 8.92. The Morgan fingerprint density at radius 3 is 2.14 bits per heavy atom. The summed E-state index contributed by atoms with van der Waals surface area (Å²) in [5.41, 5.74) is 7.80. The lowest BCUT2D eigenvalue weighted by molar-refractivity contribution is -0.926. The number of aliphatic hydroxyl groups excluding tert-OH is 1. The largest absolute Gasteiger partial charge is 0.457 e. The molecule has 0 unspecified atom stereocenters. The van der Waals surface area contributed by atoms with E-state index in [2.05, 4.69) is 45.4 Å². The molecule has 1 aliphatic carbocycles. The number of rotatable bonds is 14. The van der Waals surface area contributed by atoms with Crippen molar-refractivity contribution >= 4 is 58.7 Å². The number of likely N-dealkylation sites (N-methyl/N-ethyl adjacent to an activating group) is 1. The van der Waals surface area contributed by atoms with Crippen molar-refractivity contribution < 1.29 is 57.0 Å². The Balaban J connectivity index is 0.757. The summed E-state index contributed by atoms with van der Waals surface area (Å²) in [7, 11) is 2.14. The van der Waals surface area contributed by atoms with Crippen molar-refractivity contribution in [1.29, 1.82) is 0 Å². The molecule has 5 amide bonds. The van der Waals surface area contributed by atoms with Crippen molar-refractivity contribution in [1.82, 2.24) is 35.4 Å². The topological polar surface area (TPSA) is 224 Å². The van der Waals surface area contributed by atoms with Crippen LogP contribution in [-0.2, 0) is 39.9 Å². The fourth-order valence-corrected chi connectivity index (χ4v) is 12.1. The molecule has 85 heavy (non-hydrogen) atoms. The number of piperazine rings is 1. The average Bonchev–Trinajstić information content (AvgIpc) is 3.22. The Morgan fingerprint density at radius 1 is 0.835 bits per heavy atom. The van der Waals surface area contributed by atoms with Crippen LogP contribution in [0.15, 0.2) is 103 Å². The van der Waals surface area contributed by atoms with Gasteiger partial charge in [-0.05, 0) is 115 Å². The fraction of sp³-hybridized carbons (Fsp3) is 0.477. The van der Waals surface area contributed by atoms with E-state index >= 15 is 4.39 Å². The predicted molar refractivity (Wildman–Crippen MR) is 320 cm³/mol. The maximum Gasteiger partial charge on any atom is 0.410 e.